The van der Waals surface area contributed by atoms with Crippen LogP contribution in [-0.4, -0.2) is 37.6 Å². The third-order valence-corrected chi connectivity index (χ3v) is 4.13. The minimum atomic E-state index is 0.00850. The lowest BCUT2D eigenvalue weighted by atomic mass is 10.00. The first-order valence-electron chi connectivity index (χ1n) is 8.05. The molecule has 4 heteroatoms. The average molecular weight is 323 g/mol. The molecule has 0 saturated heterocycles. The first-order chi connectivity index (χ1) is 11.8. The van der Waals surface area contributed by atoms with Gasteiger partial charge in [-0.2, -0.15) is 0 Å². The predicted molar refractivity (Wildman–Crippen MR) is 94.1 cm³/mol. The molecule has 0 atom stereocenters. The van der Waals surface area contributed by atoms with Crippen molar-refractivity contribution in [2.75, 3.05) is 26.8 Å². The zero-order chi connectivity index (χ0) is 16.8. The summed E-state index contributed by atoms with van der Waals surface area (Å²) in [6.07, 6.45) is 3.00. The van der Waals surface area contributed by atoms with Crippen LogP contribution in [-0.2, 0) is 4.79 Å². The highest BCUT2D eigenvalue weighted by atomic mass is 16.5. The summed E-state index contributed by atoms with van der Waals surface area (Å²) in [6, 6.07) is 17.5. The van der Waals surface area contributed by atoms with Crippen molar-refractivity contribution in [2.24, 2.45) is 0 Å². The highest BCUT2D eigenvalue weighted by Gasteiger charge is 2.18. The topological polar surface area (TPSA) is 38.8 Å². The summed E-state index contributed by atoms with van der Waals surface area (Å²) in [5.41, 5.74) is 2.54. The van der Waals surface area contributed by atoms with Crippen molar-refractivity contribution in [3.8, 4) is 11.5 Å². The molecule has 0 spiro atoms. The first-order valence-corrected chi connectivity index (χ1v) is 8.05. The molecule has 124 valence electrons. The lowest BCUT2D eigenvalue weighted by Gasteiger charge is -2.26. The number of carbonyl (C=O) groups excluding carboxylic acids is 1. The van der Waals surface area contributed by atoms with Crippen molar-refractivity contribution in [1.29, 1.82) is 0 Å². The number of ether oxygens (including phenoxy) is 2. The molecule has 0 N–H and O–H groups in total. The Hall–Kier alpha value is -2.75. The van der Waals surface area contributed by atoms with Gasteiger partial charge < -0.3 is 14.4 Å². The van der Waals surface area contributed by atoms with E-state index in [2.05, 4.69) is 18.2 Å². The van der Waals surface area contributed by atoms with Gasteiger partial charge in [0.2, 0.25) is 0 Å². The smallest absolute Gasteiger partial charge is 0.260 e. The molecule has 1 aliphatic rings. The van der Waals surface area contributed by atoms with E-state index in [1.807, 2.05) is 35.2 Å². The number of benzene rings is 2. The van der Waals surface area contributed by atoms with Gasteiger partial charge in [0, 0.05) is 13.1 Å². The second-order valence-electron chi connectivity index (χ2n) is 5.65. The number of carbonyl (C=O) groups is 1. The minimum Gasteiger partial charge on any atom is -0.497 e. The zero-order valence-electron chi connectivity index (χ0n) is 13.8. The van der Waals surface area contributed by atoms with Crippen molar-refractivity contribution in [3.05, 3.63) is 66.2 Å². The molecule has 0 unspecified atom stereocenters. The van der Waals surface area contributed by atoms with Crippen molar-refractivity contribution in [2.45, 2.75) is 6.42 Å². The van der Waals surface area contributed by atoms with Crippen LogP contribution in [0.1, 0.15) is 12.0 Å². The van der Waals surface area contributed by atoms with Crippen molar-refractivity contribution >= 4 is 11.5 Å². The molecule has 1 amide bonds. The van der Waals surface area contributed by atoms with Crippen LogP contribution in [0, 0.1) is 0 Å². The molecule has 2 aromatic carbocycles. The summed E-state index contributed by atoms with van der Waals surface area (Å²) < 4.78 is 10.7. The second-order valence-corrected chi connectivity index (χ2v) is 5.65. The van der Waals surface area contributed by atoms with Gasteiger partial charge in [0.25, 0.3) is 5.91 Å². The molecule has 1 heterocycles. The van der Waals surface area contributed by atoms with Gasteiger partial charge in [-0.3, -0.25) is 4.79 Å². The number of methoxy groups -OCH3 is 1. The summed E-state index contributed by atoms with van der Waals surface area (Å²) in [4.78, 5) is 14.1. The third kappa shape index (κ3) is 3.96. The Morgan fingerprint density at radius 3 is 2.38 bits per heavy atom. The highest BCUT2D eigenvalue weighted by molar-refractivity contribution is 5.79. The van der Waals surface area contributed by atoms with Crippen LogP contribution in [0.3, 0.4) is 0 Å². The summed E-state index contributed by atoms with van der Waals surface area (Å²) in [5.74, 6) is 1.44. The van der Waals surface area contributed by atoms with Gasteiger partial charge in [-0.1, -0.05) is 36.4 Å². The maximum absolute atomic E-state index is 12.3. The van der Waals surface area contributed by atoms with E-state index in [1.165, 1.54) is 11.1 Å². The Kier molecular flexibility index (Phi) is 5.16. The summed E-state index contributed by atoms with van der Waals surface area (Å²) in [7, 11) is 1.62. The number of nitrogens with zero attached hydrogens (tertiary/aromatic N) is 1. The third-order valence-electron chi connectivity index (χ3n) is 4.13. The highest BCUT2D eigenvalue weighted by Crippen LogP contribution is 2.22. The predicted octanol–water partition coefficient (Wildman–Crippen LogP) is 3.39. The Morgan fingerprint density at radius 2 is 1.75 bits per heavy atom. The van der Waals surface area contributed by atoms with E-state index in [-0.39, 0.29) is 12.5 Å². The lowest BCUT2D eigenvalue weighted by molar-refractivity contribution is -0.132. The van der Waals surface area contributed by atoms with Gasteiger partial charge >= 0.3 is 0 Å². The van der Waals surface area contributed by atoms with Crippen molar-refractivity contribution < 1.29 is 14.3 Å². The van der Waals surface area contributed by atoms with E-state index in [1.54, 1.807) is 19.2 Å². The number of hydrogen-bond donors (Lipinski definition) is 0. The standard InChI is InChI=1S/C20H21NO3/c1-23-18-7-9-19(10-8-18)24-15-20(22)21-13-11-17(12-14-21)16-5-3-2-4-6-16/h2-11H,12-15H2,1H3. The summed E-state index contributed by atoms with van der Waals surface area (Å²) in [5, 5.41) is 0. The Balaban J connectivity index is 1.52. The molecule has 24 heavy (non-hydrogen) atoms. The van der Waals surface area contributed by atoms with E-state index in [0.717, 1.165) is 18.7 Å². The molecule has 0 fully saturated rings. The second kappa shape index (κ2) is 7.68. The van der Waals surface area contributed by atoms with Crippen LogP contribution < -0.4 is 9.47 Å². The Morgan fingerprint density at radius 1 is 1.04 bits per heavy atom. The molecule has 2 aromatic rings. The van der Waals surface area contributed by atoms with Gasteiger partial charge in [0.15, 0.2) is 6.61 Å². The normalized spacial score (nSPS) is 14.0. The molecular formula is C20H21NO3. The fourth-order valence-electron chi connectivity index (χ4n) is 2.72. The van der Waals surface area contributed by atoms with E-state index < -0.39 is 0 Å². The molecule has 4 nitrogen and oxygen atoms in total. The van der Waals surface area contributed by atoms with Gasteiger partial charge in [-0.25, -0.2) is 0 Å². The maximum atomic E-state index is 12.3. The fourth-order valence-corrected chi connectivity index (χ4v) is 2.72. The molecule has 3 rings (SSSR count). The quantitative estimate of drug-likeness (QED) is 0.846. The molecule has 0 aromatic heterocycles. The van der Waals surface area contributed by atoms with Crippen molar-refractivity contribution in [3.63, 3.8) is 0 Å². The van der Waals surface area contributed by atoms with Crippen LogP contribution >= 0.6 is 0 Å². The zero-order valence-corrected chi connectivity index (χ0v) is 13.8. The van der Waals surface area contributed by atoms with Crippen molar-refractivity contribution in [1.82, 2.24) is 4.90 Å². The SMILES string of the molecule is COc1ccc(OCC(=O)N2CC=C(c3ccccc3)CC2)cc1. The van der Waals surface area contributed by atoms with Crippen LogP contribution in [0.5, 0.6) is 11.5 Å². The van der Waals surface area contributed by atoms with Crippen LogP contribution in [0.4, 0.5) is 0 Å². The largest absolute Gasteiger partial charge is 0.497 e. The Bertz CT molecular complexity index is 707. The summed E-state index contributed by atoms with van der Waals surface area (Å²) >= 11 is 0. The molecule has 0 bridgehead atoms. The van der Waals surface area contributed by atoms with Crippen LogP contribution in [0.15, 0.2) is 60.7 Å². The molecule has 0 aliphatic carbocycles. The summed E-state index contributed by atoms with van der Waals surface area (Å²) in [6.45, 7) is 1.42. The van der Waals surface area contributed by atoms with E-state index >= 15 is 0 Å². The molecular weight excluding hydrogens is 302 g/mol. The number of amides is 1. The monoisotopic (exact) mass is 323 g/mol. The van der Waals surface area contributed by atoms with E-state index in [0.29, 0.717) is 12.3 Å². The Labute approximate surface area is 142 Å². The number of rotatable bonds is 5. The van der Waals surface area contributed by atoms with Gasteiger partial charge in [0.05, 0.1) is 7.11 Å². The van der Waals surface area contributed by atoms with Crippen LogP contribution in [0.25, 0.3) is 5.57 Å². The van der Waals surface area contributed by atoms with Crippen LogP contribution in [0.2, 0.25) is 0 Å². The maximum Gasteiger partial charge on any atom is 0.260 e. The molecule has 1 aliphatic heterocycles. The van der Waals surface area contributed by atoms with Gasteiger partial charge in [0.1, 0.15) is 11.5 Å². The molecule has 0 radical (unpaired) electrons. The lowest BCUT2D eigenvalue weighted by Crippen LogP contribution is -2.37. The average Bonchev–Trinajstić information content (AvgIpc) is 2.67. The van der Waals surface area contributed by atoms with Gasteiger partial charge in [-0.05, 0) is 41.8 Å². The van der Waals surface area contributed by atoms with E-state index in [9.17, 15) is 4.79 Å². The molecule has 0 saturated carbocycles. The van der Waals surface area contributed by atoms with Gasteiger partial charge in [-0.15, -0.1) is 0 Å². The first kappa shape index (κ1) is 16.1. The van der Waals surface area contributed by atoms with E-state index in [4.69, 9.17) is 9.47 Å². The number of hydrogen-bond acceptors (Lipinski definition) is 3. The fraction of sp³-hybridized carbons (Fsp3) is 0.250. The minimum absolute atomic E-state index is 0.00850.